The van der Waals surface area contributed by atoms with Crippen molar-refractivity contribution in [3.8, 4) is 0 Å². The molecule has 2 aromatic carbocycles. The van der Waals surface area contributed by atoms with Gasteiger partial charge in [0.05, 0.1) is 12.5 Å². The van der Waals surface area contributed by atoms with Crippen LogP contribution in [-0.2, 0) is 36.8 Å². The van der Waals surface area contributed by atoms with E-state index in [2.05, 4.69) is 10.6 Å². The quantitative estimate of drug-likeness (QED) is 0.263. The van der Waals surface area contributed by atoms with Gasteiger partial charge in [0.1, 0.15) is 18.1 Å². The number of nitrogens with two attached hydrogens (primary N) is 1. The van der Waals surface area contributed by atoms with Gasteiger partial charge in [0.25, 0.3) is 0 Å². The van der Waals surface area contributed by atoms with Crippen molar-refractivity contribution in [2.75, 3.05) is 6.54 Å². The number of rotatable bonds is 12. The molecule has 0 radical (unpaired) electrons. The molecule has 0 aliphatic carbocycles. The number of amides is 3. The molecule has 1 aliphatic rings. The number of carbonyl (C=O) groups excluding carboxylic acids is 3. The molecule has 6 N–H and O–H groups in total. The Labute approximate surface area is 220 Å². The predicted octanol–water partition coefficient (Wildman–Crippen LogP) is 0.319. The average molecular weight is 525 g/mol. The summed E-state index contributed by atoms with van der Waals surface area (Å²) in [5.74, 6) is -4.68. The molecular weight excluding hydrogens is 492 g/mol. The summed E-state index contributed by atoms with van der Waals surface area (Å²) in [6.45, 7) is 0.342. The number of carboxylic acids is 2. The Hall–Kier alpha value is -4.25. The van der Waals surface area contributed by atoms with Gasteiger partial charge >= 0.3 is 11.9 Å². The van der Waals surface area contributed by atoms with Gasteiger partial charge in [0, 0.05) is 13.0 Å². The lowest BCUT2D eigenvalue weighted by Gasteiger charge is -2.28. The first kappa shape index (κ1) is 28.3. The molecule has 38 heavy (non-hydrogen) atoms. The Morgan fingerprint density at radius 3 is 2.00 bits per heavy atom. The van der Waals surface area contributed by atoms with Crippen LogP contribution in [0.15, 0.2) is 60.7 Å². The molecule has 0 spiro atoms. The zero-order chi connectivity index (χ0) is 27.7. The number of hydrogen-bond donors (Lipinski definition) is 5. The number of benzene rings is 2. The Bertz CT molecular complexity index is 1140. The molecule has 2 aromatic rings. The maximum Gasteiger partial charge on any atom is 0.326 e. The topological polar surface area (TPSA) is 179 Å². The normalized spacial score (nSPS) is 17.2. The Morgan fingerprint density at radius 1 is 0.868 bits per heavy atom. The van der Waals surface area contributed by atoms with Crippen molar-refractivity contribution in [3.05, 3.63) is 71.8 Å². The van der Waals surface area contributed by atoms with Crippen molar-refractivity contribution < 1.29 is 34.2 Å². The van der Waals surface area contributed by atoms with E-state index in [1.165, 1.54) is 4.90 Å². The van der Waals surface area contributed by atoms with E-state index in [9.17, 15) is 29.1 Å². The monoisotopic (exact) mass is 524 g/mol. The lowest BCUT2D eigenvalue weighted by molar-refractivity contribution is -0.147. The fourth-order valence-corrected chi connectivity index (χ4v) is 4.45. The highest BCUT2D eigenvalue weighted by atomic mass is 16.4. The SMILES string of the molecule is NC(Cc1ccccc1)C(=O)N1CCCC1C(=O)NC(Cc1ccccc1)C(=O)NC(CC(=O)O)C(=O)O. The van der Waals surface area contributed by atoms with Gasteiger partial charge in [-0.05, 0) is 30.4 Å². The first-order valence-corrected chi connectivity index (χ1v) is 12.3. The fraction of sp³-hybridized carbons (Fsp3) is 0.370. The number of nitrogens with one attached hydrogen (secondary N) is 2. The number of likely N-dealkylation sites (tertiary alicyclic amines) is 1. The molecular formula is C27H32N4O7. The first-order chi connectivity index (χ1) is 18.2. The lowest BCUT2D eigenvalue weighted by atomic mass is 10.0. The molecule has 1 saturated heterocycles. The van der Waals surface area contributed by atoms with E-state index < -0.39 is 54.3 Å². The standard InChI is InChI=1S/C27H32N4O7/c28-19(14-17-8-3-1-4-9-17)26(36)31-13-7-12-22(31)25(35)29-20(15-18-10-5-2-6-11-18)24(34)30-21(27(37)38)16-23(32)33/h1-6,8-11,19-22H,7,12-16,28H2,(H,29,35)(H,30,34)(H,32,33)(H,37,38). The van der Waals surface area contributed by atoms with E-state index >= 15 is 0 Å². The van der Waals surface area contributed by atoms with Crippen LogP contribution in [0, 0.1) is 0 Å². The van der Waals surface area contributed by atoms with Gasteiger partial charge in [-0.3, -0.25) is 19.2 Å². The van der Waals surface area contributed by atoms with Gasteiger partial charge < -0.3 is 31.5 Å². The Balaban J connectivity index is 1.73. The molecule has 1 heterocycles. The molecule has 3 amide bonds. The van der Waals surface area contributed by atoms with Crippen LogP contribution in [0.4, 0.5) is 0 Å². The third kappa shape index (κ3) is 7.87. The molecule has 4 atom stereocenters. The van der Waals surface area contributed by atoms with E-state index in [0.717, 1.165) is 5.56 Å². The largest absolute Gasteiger partial charge is 0.481 e. The van der Waals surface area contributed by atoms with Crippen LogP contribution in [-0.4, -0.2) is 75.5 Å². The molecule has 202 valence electrons. The minimum atomic E-state index is -1.67. The van der Waals surface area contributed by atoms with Crippen molar-refractivity contribution >= 4 is 29.7 Å². The summed E-state index contributed by atoms with van der Waals surface area (Å²) in [5, 5.41) is 23.2. The smallest absolute Gasteiger partial charge is 0.326 e. The molecule has 4 unspecified atom stereocenters. The number of hydrogen-bond acceptors (Lipinski definition) is 6. The minimum absolute atomic E-state index is 0.0337. The van der Waals surface area contributed by atoms with Gasteiger partial charge in [-0.2, -0.15) is 0 Å². The minimum Gasteiger partial charge on any atom is -0.481 e. The first-order valence-electron chi connectivity index (χ1n) is 12.3. The van der Waals surface area contributed by atoms with Crippen LogP contribution in [0.5, 0.6) is 0 Å². The number of nitrogens with zero attached hydrogens (tertiary/aromatic N) is 1. The predicted molar refractivity (Wildman–Crippen MR) is 137 cm³/mol. The summed E-state index contributed by atoms with van der Waals surface area (Å²) in [7, 11) is 0. The van der Waals surface area contributed by atoms with E-state index in [-0.39, 0.29) is 12.3 Å². The second kappa shape index (κ2) is 13.3. The van der Waals surface area contributed by atoms with Crippen LogP contribution >= 0.6 is 0 Å². The number of carboxylic acid groups (broad SMARTS) is 2. The van der Waals surface area contributed by atoms with Crippen molar-refractivity contribution in [1.29, 1.82) is 0 Å². The highest BCUT2D eigenvalue weighted by Gasteiger charge is 2.38. The average Bonchev–Trinajstić information content (AvgIpc) is 3.38. The Kier molecular flexibility index (Phi) is 9.94. The maximum absolute atomic E-state index is 13.3. The van der Waals surface area contributed by atoms with Gasteiger partial charge in [-0.15, -0.1) is 0 Å². The zero-order valence-electron chi connectivity index (χ0n) is 20.8. The lowest BCUT2D eigenvalue weighted by Crippen LogP contribution is -2.57. The molecule has 0 bridgehead atoms. The zero-order valence-corrected chi connectivity index (χ0v) is 20.8. The maximum atomic E-state index is 13.3. The number of carbonyl (C=O) groups is 5. The Morgan fingerprint density at radius 2 is 1.45 bits per heavy atom. The van der Waals surface area contributed by atoms with Crippen LogP contribution < -0.4 is 16.4 Å². The van der Waals surface area contributed by atoms with Crippen molar-refractivity contribution in [2.24, 2.45) is 5.73 Å². The summed E-state index contributed by atoms with van der Waals surface area (Å²) in [4.78, 5) is 63.4. The summed E-state index contributed by atoms with van der Waals surface area (Å²) < 4.78 is 0. The number of aliphatic carboxylic acids is 2. The highest BCUT2D eigenvalue weighted by Crippen LogP contribution is 2.20. The van der Waals surface area contributed by atoms with E-state index in [4.69, 9.17) is 10.8 Å². The fourth-order valence-electron chi connectivity index (χ4n) is 4.45. The van der Waals surface area contributed by atoms with Crippen LogP contribution in [0.1, 0.15) is 30.4 Å². The third-order valence-electron chi connectivity index (χ3n) is 6.36. The highest BCUT2D eigenvalue weighted by molar-refractivity contribution is 5.95. The molecule has 0 saturated carbocycles. The third-order valence-corrected chi connectivity index (χ3v) is 6.36. The van der Waals surface area contributed by atoms with Crippen LogP contribution in [0.25, 0.3) is 0 Å². The van der Waals surface area contributed by atoms with E-state index in [1.54, 1.807) is 30.3 Å². The van der Waals surface area contributed by atoms with Crippen molar-refractivity contribution in [1.82, 2.24) is 15.5 Å². The van der Waals surface area contributed by atoms with Gasteiger partial charge in [0.2, 0.25) is 17.7 Å². The van der Waals surface area contributed by atoms with Gasteiger partial charge in [-0.25, -0.2) is 4.79 Å². The molecule has 11 heteroatoms. The van der Waals surface area contributed by atoms with Crippen LogP contribution in [0.2, 0.25) is 0 Å². The summed E-state index contributed by atoms with van der Waals surface area (Å²) >= 11 is 0. The molecule has 3 rings (SSSR count). The van der Waals surface area contributed by atoms with E-state index in [1.807, 2.05) is 30.3 Å². The van der Waals surface area contributed by atoms with Crippen molar-refractivity contribution in [2.45, 2.75) is 56.3 Å². The summed E-state index contributed by atoms with van der Waals surface area (Å²) in [6, 6.07) is 13.5. The summed E-state index contributed by atoms with van der Waals surface area (Å²) in [5.41, 5.74) is 7.76. The molecule has 0 aromatic heterocycles. The second-order valence-electron chi connectivity index (χ2n) is 9.23. The molecule has 11 nitrogen and oxygen atoms in total. The second-order valence-corrected chi connectivity index (χ2v) is 9.23. The van der Waals surface area contributed by atoms with Crippen molar-refractivity contribution in [3.63, 3.8) is 0 Å². The molecule has 1 fully saturated rings. The summed E-state index contributed by atoms with van der Waals surface area (Å²) in [6.07, 6.45) is 0.482. The van der Waals surface area contributed by atoms with Gasteiger partial charge in [0.15, 0.2) is 0 Å². The van der Waals surface area contributed by atoms with E-state index in [0.29, 0.717) is 31.4 Å². The molecule has 1 aliphatic heterocycles. The van der Waals surface area contributed by atoms with Crippen LogP contribution in [0.3, 0.4) is 0 Å². The van der Waals surface area contributed by atoms with Gasteiger partial charge in [-0.1, -0.05) is 60.7 Å².